The highest BCUT2D eigenvalue weighted by Crippen LogP contribution is 2.68. The summed E-state index contributed by atoms with van der Waals surface area (Å²) < 4.78 is 2.51. The van der Waals surface area contributed by atoms with E-state index in [4.69, 9.17) is 0 Å². The van der Waals surface area contributed by atoms with Gasteiger partial charge in [0.1, 0.15) is 0 Å². The van der Waals surface area contributed by atoms with E-state index in [2.05, 4.69) is 393 Å². The summed E-state index contributed by atoms with van der Waals surface area (Å²) in [4.78, 5) is 8.21. The lowest BCUT2D eigenvalue weighted by Crippen LogP contribution is -2.33. The van der Waals surface area contributed by atoms with Crippen LogP contribution in [0.15, 0.2) is 249 Å². The van der Waals surface area contributed by atoms with Crippen molar-refractivity contribution in [3.8, 4) is 39.1 Å². The molecular formula is C98H98N4. The molecular weight excluding hydrogens is 1230 g/mol. The molecule has 16 rings (SSSR count). The third kappa shape index (κ3) is 11.2. The molecule has 510 valence electrons. The number of hydrogen-bond donors (Lipinski definition) is 0. The topological polar surface area (TPSA) is 14.7 Å². The van der Waals surface area contributed by atoms with Crippen molar-refractivity contribution in [1.82, 2.24) is 4.57 Å². The number of fused-ring (bicyclic) bond motifs is 9. The summed E-state index contributed by atoms with van der Waals surface area (Å²) in [6.45, 7) is 42.9. The van der Waals surface area contributed by atoms with Gasteiger partial charge in [-0.05, 0) is 189 Å². The summed E-state index contributed by atoms with van der Waals surface area (Å²) in [5, 5.41) is 2.47. The van der Waals surface area contributed by atoms with Crippen LogP contribution in [0, 0.1) is 0 Å². The van der Waals surface area contributed by atoms with Crippen LogP contribution in [0.25, 0.3) is 60.9 Å². The van der Waals surface area contributed by atoms with E-state index in [9.17, 15) is 0 Å². The van der Waals surface area contributed by atoms with Crippen LogP contribution in [0.4, 0.5) is 51.2 Å². The van der Waals surface area contributed by atoms with E-state index in [1.165, 1.54) is 122 Å². The minimum atomic E-state index is -0.353. The highest BCUT2D eigenvalue weighted by molar-refractivity contribution is 6.16. The maximum Gasteiger partial charge on any atom is 0.0948 e. The number of benzene rings is 12. The normalized spacial score (nSPS) is 14.0. The number of para-hydroxylation sites is 2. The Morgan fingerprint density at radius 3 is 1.13 bits per heavy atom. The molecule has 3 heterocycles. The average molecular weight is 1330 g/mol. The Kier molecular flexibility index (Phi) is 15.4. The Bertz CT molecular complexity index is 5380. The largest absolute Gasteiger partial charge is 0.309 e. The predicted octanol–water partition coefficient (Wildman–Crippen LogP) is 27.7. The third-order valence-corrected chi connectivity index (χ3v) is 22.2. The van der Waals surface area contributed by atoms with Gasteiger partial charge in [-0.15, -0.1) is 0 Å². The highest BCUT2D eigenvalue weighted by Gasteiger charge is 2.45. The van der Waals surface area contributed by atoms with Crippen LogP contribution in [-0.2, 0) is 38.9 Å². The van der Waals surface area contributed by atoms with Gasteiger partial charge in [-0.3, -0.25) is 0 Å². The van der Waals surface area contributed by atoms with Gasteiger partial charge in [-0.25, -0.2) is 0 Å². The molecule has 0 bridgehead atoms. The van der Waals surface area contributed by atoms with E-state index in [1.54, 1.807) is 0 Å². The molecule has 0 fully saturated rings. The molecule has 1 aromatic heterocycles. The van der Waals surface area contributed by atoms with Gasteiger partial charge in [0.05, 0.1) is 62.2 Å². The van der Waals surface area contributed by atoms with Gasteiger partial charge >= 0.3 is 0 Å². The molecule has 12 aromatic carbocycles. The molecule has 0 saturated carbocycles. The van der Waals surface area contributed by atoms with Crippen LogP contribution in [0.5, 0.6) is 0 Å². The van der Waals surface area contributed by atoms with E-state index in [0.717, 1.165) is 57.5 Å². The molecule has 13 aromatic rings. The molecule has 1 aliphatic carbocycles. The summed E-state index contributed by atoms with van der Waals surface area (Å²) in [7, 11) is 0. The lowest BCUT2D eigenvalue weighted by molar-refractivity contribution is 0.569. The number of aromatic nitrogens is 1. The number of anilines is 9. The van der Waals surface area contributed by atoms with Crippen molar-refractivity contribution in [2.45, 2.75) is 169 Å². The predicted molar refractivity (Wildman–Crippen MR) is 437 cm³/mol. The van der Waals surface area contributed by atoms with Gasteiger partial charge in [0.25, 0.3) is 0 Å². The fourth-order valence-electron chi connectivity index (χ4n) is 16.6. The van der Waals surface area contributed by atoms with Crippen LogP contribution >= 0.6 is 0 Å². The number of hydrogen-bond acceptors (Lipinski definition) is 3. The Balaban J connectivity index is 1.13. The molecule has 4 heteroatoms. The first-order chi connectivity index (χ1) is 48.4. The first kappa shape index (κ1) is 66.4. The Hall–Kier alpha value is -10.2. The Morgan fingerprint density at radius 2 is 0.667 bits per heavy atom. The molecule has 3 aliphatic rings. The van der Waals surface area contributed by atoms with Crippen LogP contribution < -0.4 is 14.7 Å². The molecule has 0 saturated heterocycles. The minimum absolute atomic E-state index is 0.0329. The van der Waals surface area contributed by atoms with Crippen LogP contribution in [-0.4, -0.2) is 4.57 Å². The SMILES string of the molecule is CC(C)(C)c1ccc(-c2cc(C(C)(C)C)cc(C(C)(C)C)c2N2c3ccc(-c4ccccc4)cc3N3c4ccc(-n5c6ccccc6c6ccccc65)cc4N(c4c(-c5ccc(C(C)(C)C)cc5)cc(C(C)(C)C)cc4C(C)(C)C)c4cc(C5c6ccccc6Cc6ccccc65)cc2c43)cc1. The van der Waals surface area contributed by atoms with Crippen molar-refractivity contribution in [2.24, 2.45) is 0 Å². The van der Waals surface area contributed by atoms with Gasteiger partial charge in [0, 0.05) is 33.5 Å². The number of nitrogens with zero attached hydrogens (tertiary/aromatic N) is 4. The second kappa shape index (κ2) is 23.7. The van der Waals surface area contributed by atoms with Crippen LogP contribution in [0.1, 0.15) is 192 Å². The Morgan fingerprint density at radius 1 is 0.275 bits per heavy atom. The number of rotatable bonds is 7. The van der Waals surface area contributed by atoms with Crippen molar-refractivity contribution in [3.05, 3.63) is 310 Å². The molecule has 4 nitrogen and oxygen atoms in total. The fourth-order valence-corrected chi connectivity index (χ4v) is 16.6. The van der Waals surface area contributed by atoms with Gasteiger partial charge in [0.2, 0.25) is 0 Å². The summed E-state index contributed by atoms with van der Waals surface area (Å²) in [6, 6.07) is 97.0. The smallest absolute Gasteiger partial charge is 0.0948 e. The first-order valence-electron chi connectivity index (χ1n) is 37.1. The summed E-state index contributed by atoms with van der Waals surface area (Å²) in [6.07, 6.45) is 0.877. The molecule has 2 aliphatic heterocycles. The van der Waals surface area contributed by atoms with Gasteiger partial charge < -0.3 is 19.3 Å². The first-order valence-corrected chi connectivity index (χ1v) is 37.1. The van der Waals surface area contributed by atoms with Crippen molar-refractivity contribution < 1.29 is 0 Å². The van der Waals surface area contributed by atoms with E-state index >= 15 is 0 Å². The maximum absolute atomic E-state index is 2.77. The molecule has 102 heavy (non-hydrogen) atoms. The minimum Gasteiger partial charge on any atom is -0.309 e. The van der Waals surface area contributed by atoms with E-state index in [-0.39, 0.29) is 38.4 Å². The molecule has 0 N–H and O–H groups in total. The average Bonchev–Trinajstić information content (AvgIpc) is 0.752. The Labute approximate surface area is 607 Å². The van der Waals surface area contributed by atoms with Gasteiger partial charge in [0.15, 0.2) is 0 Å². The van der Waals surface area contributed by atoms with E-state index in [1.807, 2.05) is 0 Å². The lowest BCUT2D eigenvalue weighted by atomic mass is 9.74. The zero-order valence-corrected chi connectivity index (χ0v) is 63.2. The molecule has 0 amide bonds. The lowest BCUT2D eigenvalue weighted by Gasteiger charge is -2.49. The molecule has 0 unspecified atom stereocenters. The second-order valence-corrected chi connectivity index (χ2v) is 35.5. The molecule has 0 atom stereocenters. The monoisotopic (exact) mass is 1330 g/mol. The summed E-state index contributed by atoms with van der Waals surface area (Å²) in [5.41, 5.74) is 34.1. The van der Waals surface area contributed by atoms with Gasteiger partial charge in [-0.1, -0.05) is 307 Å². The third-order valence-electron chi connectivity index (χ3n) is 22.2. The molecule has 0 radical (unpaired) electrons. The highest BCUT2D eigenvalue weighted by atomic mass is 15.3. The fraction of sp³-hybridized carbons (Fsp3) is 0.265. The standard InChI is InChI=1S/C98H98N4/c1-93(2,3)68-45-40-62(41-46-68)77-56-70(95(7,8)9)58-79(97(13,14)15)90(77)101-83-50-44-64(61-30-20-19-21-31-61)53-85(83)100-84-51-49-72(99-81-38-28-26-36-75(81)76-37-27-29-39-82(76)99)60-86(84)102(88-55-67(54-87(101)92(88)100)89-73-34-24-22-32-65(73)52-66-33-23-25-35-74(66)89)91-78(63-42-47-69(48-43-63)94(4,5)6)57-71(96(10,11)12)59-80(91)98(16,17)18/h19-51,53-60,89H,52H2,1-18H3. The van der Waals surface area contributed by atoms with Crippen molar-refractivity contribution in [1.29, 1.82) is 0 Å². The molecule has 0 spiro atoms. The zero-order chi connectivity index (χ0) is 71.5. The van der Waals surface area contributed by atoms with Crippen LogP contribution in [0.2, 0.25) is 0 Å². The van der Waals surface area contributed by atoms with E-state index < -0.39 is 0 Å². The summed E-state index contributed by atoms with van der Waals surface area (Å²) in [5.74, 6) is -0.110. The maximum atomic E-state index is 2.77. The van der Waals surface area contributed by atoms with Crippen molar-refractivity contribution in [3.63, 3.8) is 0 Å². The van der Waals surface area contributed by atoms with Gasteiger partial charge in [-0.2, -0.15) is 0 Å². The van der Waals surface area contributed by atoms with E-state index in [0.29, 0.717) is 0 Å². The summed E-state index contributed by atoms with van der Waals surface area (Å²) >= 11 is 0. The zero-order valence-electron chi connectivity index (χ0n) is 63.2. The second-order valence-electron chi connectivity index (χ2n) is 35.5. The van der Waals surface area contributed by atoms with Crippen molar-refractivity contribution in [2.75, 3.05) is 14.7 Å². The van der Waals surface area contributed by atoms with Crippen molar-refractivity contribution >= 4 is 73.0 Å². The van der Waals surface area contributed by atoms with Crippen LogP contribution in [0.3, 0.4) is 0 Å². The quantitative estimate of drug-likeness (QED) is 0.158.